The Morgan fingerprint density at radius 3 is 2.09 bits per heavy atom. The normalized spacial score (nSPS) is 21.4. The molecule has 22 heavy (non-hydrogen) atoms. The Balaban J connectivity index is 2.74. The summed E-state index contributed by atoms with van der Waals surface area (Å²) >= 11 is 0. The van der Waals surface area contributed by atoms with Crippen molar-refractivity contribution in [2.75, 3.05) is 13.1 Å². The minimum absolute atomic E-state index is 0.0457. The van der Waals surface area contributed by atoms with E-state index in [-0.39, 0.29) is 5.78 Å². The van der Waals surface area contributed by atoms with Gasteiger partial charge in [-0.1, -0.05) is 51.1 Å². The van der Waals surface area contributed by atoms with Gasteiger partial charge < -0.3 is 4.90 Å². The van der Waals surface area contributed by atoms with E-state index in [1.807, 2.05) is 51.1 Å². The van der Waals surface area contributed by atoms with Crippen LogP contribution >= 0.6 is 0 Å². The van der Waals surface area contributed by atoms with Crippen molar-refractivity contribution in [3.63, 3.8) is 0 Å². The Morgan fingerprint density at radius 2 is 1.68 bits per heavy atom. The molecule has 1 aliphatic rings. The van der Waals surface area contributed by atoms with Crippen LogP contribution in [0.5, 0.6) is 0 Å². The van der Waals surface area contributed by atoms with Gasteiger partial charge in [-0.2, -0.15) is 5.26 Å². The number of hydrogen-bond acceptors (Lipinski definition) is 3. The van der Waals surface area contributed by atoms with Crippen molar-refractivity contribution in [3.05, 3.63) is 41.6 Å². The summed E-state index contributed by atoms with van der Waals surface area (Å²) in [4.78, 5) is 15.2. The maximum atomic E-state index is 13.0. The summed E-state index contributed by atoms with van der Waals surface area (Å²) in [7, 11) is 0. The van der Waals surface area contributed by atoms with E-state index in [2.05, 4.69) is 24.8 Å². The third-order valence-electron chi connectivity index (χ3n) is 4.59. The molecule has 0 radical (unpaired) electrons. The third kappa shape index (κ3) is 2.06. The quantitative estimate of drug-likeness (QED) is 0.847. The van der Waals surface area contributed by atoms with Gasteiger partial charge in [-0.3, -0.25) is 4.79 Å². The standard InChI is InChI=1S/C19H24N2O/c1-6-21(7-2)16-15(14-11-9-8-10-12-14)17(22)19(16,13-20)18(3,4)5/h8-12H,6-7H2,1-5H3/t19-/m0/s1. The Hall–Kier alpha value is -2.08. The molecule has 1 aliphatic carbocycles. The molecule has 3 nitrogen and oxygen atoms in total. The van der Waals surface area contributed by atoms with Gasteiger partial charge in [-0.05, 0) is 24.8 Å². The van der Waals surface area contributed by atoms with Gasteiger partial charge in [0, 0.05) is 18.7 Å². The van der Waals surface area contributed by atoms with Crippen molar-refractivity contribution in [1.29, 1.82) is 5.26 Å². The van der Waals surface area contributed by atoms with Crippen LogP contribution in [0.4, 0.5) is 0 Å². The zero-order chi connectivity index (χ0) is 16.5. The first-order valence-corrected chi connectivity index (χ1v) is 7.86. The van der Waals surface area contributed by atoms with Crippen LogP contribution in [0.3, 0.4) is 0 Å². The minimum atomic E-state index is -1.05. The number of allylic oxidation sites excluding steroid dienone is 2. The van der Waals surface area contributed by atoms with E-state index in [1.54, 1.807) is 0 Å². The molecule has 0 N–H and O–H groups in total. The van der Waals surface area contributed by atoms with Crippen molar-refractivity contribution >= 4 is 11.4 Å². The van der Waals surface area contributed by atoms with Crippen molar-refractivity contribution in [2.45, 2.75) is 34.6 Å². The SMILES string of the molecule is CCN(CC)C1=C(c2ccccc2)C(=O)[C@@]1(C#N)C(C)(C)C. The molecule has 1 atom stereocenters. The topological polar surface area (TPSA) is 44.1 Å². The van der Waals surface area contributed by atoms with E-state index >= 15 is 0 Å². The molecule has 0 spiro atoms. The van der Waals surface area contributed by atoms with Gasteiger partial charge in [0.25, 0.3) is 0 Å². The zero-order valence-corrected chi connectivity index (χ0v) is 14.1. The van der Waals surface area contributed by atoms with Gasteiger partial charge in [0.1, 0.15) is 0 Å². The molecule has 0 saturated carbocycles. The second-order valence-corrected chi connectivity index (χ2v) is 6.70. The molecular weight excluding hydrogens is 272 g/mol. The lowest BCUT2D eigenvalue weighted by Crippen LogP contribution is -2.56. The molecule has 116 valence electrons. The molecule has 0 saturated heterocycles. The van der Waals surface area contributed by atoms with Crippen LogP contribution in [-0.2, 0) is 4.79 Å². The number of Topliss-reactive ketones (excluding diaryl/α,β-unsaturated/α-hetero) is 1. The number of rotatable bonds is 4. The highest BCUT2D eigenvalue weighted by Crippen LogP contribution is 2.57. The molecule has 3 heteroatoms. The molecule has 0 heterocycles. The maximum absolute atomic E-state index is 13.0. The molecule has 0 unspecified atom stereocenters. The summed E-state index contributed by atoms with van der Waals surface area (Å²) in [5, 5.41) is 9.89. The number of ketones is 1. The fourth-order valence-electron chi connectivity index (χ4n) is 3.30. The Morgan fingerprint density at radius 1 is 1.14 bits per heavy atom. The van der Waals surface area contributed by atoms with Gasteiger partial charge in [0.2, 0.25) is 0 Å². The van der Waals surface area contributed by atoms with Crippen LogP contribution in [0.15, 0.2) is 36.0 Å². The van der Waals surface area contributed by atoms with Crippen LogP contribution in [0, 0.1) is 22.2 Å². The largest absolute Gasteiger partial charge is 0.373 e. The zero-order valence-electron chi connectivity index (χ0n) is 14.1. The van der Waals surface area contributed by atoms with Crippen molar-refractivity contribution in [1.82, 2.24) is 4.90 Å². The molecule has 1 aromatic carbocycles. The summed E-state index contributed by atoms with van der Waals surface area (Å²) in [6, 6.07) is 12.0. The van der Waals surface area contributed by atoms with Crippen LogP contribution in [0.1, 0.15) is 40.2 Å². The van der Waals surface area contributed by atoms with Crippen LogP contribution in [-0.4, -0.2) is 23.8 Å². The second kappa shape index (κ2) is 5.61. The van der Waals surface area contributed by atoms with Crippen LogP contribution < -0.4 is 0 Å². The van der Waals surface area contributed by atoms with E-state index in [1.165, 1.54) is 0 Å². The fraction of sp³-hybridized carbons (Fsp3) is 0.474. The first-order valence-electron chi connectivity index (χ1n) is 7.86. The lowest BCUT2D eigenvalue weighted by molar-refractivity contribution is -0.126. The van der Waals surface area contributed by atoms with Crippen molar-refractivity contribution < 1.29 is 4.79 Å². The Bertz CT molecular complexity index is 642. The van der Waals surface area contributed by atoms with Gasteiger partial charge in [0.05, 0.1) is 11.8 Å². The lowest BCUT2D eigenvalue weighted by atomic mass is 9.53. The molecule has 0 bridgehead atoms. The summed E-state index contributed by atoms with van der Waals surface area (Å²) in [5.41, 5.74) is 1.02. The van der Waals surface area contributed by atoms with E-state index < -0.39 is 10.8 Å². The van der Waals surface area contributed by atoms with Crippen molar-refractivity contribution in [2.24, 2.45) is 10.8 Å². The summed E-state index contributed by atoms with van der Waals surface area (Å²) < 4.78 is 0. The smallest absolute Gasteiger partial charge is 0.192 e. The van der Waals surface area contributed by atoms with E-state index in [0.717, 1.165) is 24.4 Å². The molecular formula is C19H24N2O. The second-order valence-electron chi connectivity index (χ2n) is 6.70. The number of nitrogens with zero attached hydrogens (tertiary/aromatic N) is 2. The monoisotopic (exact) mass is 296 g/mol. The minimum Gasteiger partial charge on any atom is -0.373 e. The Kier molecular flexibility index (Phi) is 4.15. The van der Waals surface area contributed by atoms with Crippen LogP contribution in [0.25, 0.3) is 5.57 Å². The van der Waals surface area contributed by atoms with Gasteiger partial charge in [-0.15, -0.1) is 0 Å². The molecule has 0 amide bonds. The average molecular weight is 296 g/mol. The number of carbonyl (C=O) groups excluding carboxylic acids is 1. The summed E-state index contributed by atoms with van der Waals surface area (Å²) in [6.45, 7) is 11.6. The number of nitriles is 1. The van der Waals surface area contributed by atoms with E-state index in [9.17, 15) is 10.1 Å². The first kappa shape index (κ1) is 16.3. The number of hydrogen-bond donors (Lipinski definition) is 0. The van der Waals surface area contributed by atoms with Crippen LogP contribution in [0.2, 0.25) is 0 Å². The predicted molar refractivity (Wildman–Crippen MR) is 88.8 cm³/mol. The number of benzene rings is 1. The van der Waals surface area contributed by atoms with Gasteiger partial charge in [-0.25, -0.2) is 0 Å². The average Bonchev–Trinajstić information content (AvgIpc) is 2.48. The Labute approximate surface area is 133 Å². The highest BCUT2D eigenvalue weighted by atomic mass is 16.1. The van der Waals surface area contributed by atoms with Crippen molar-refractivity contribution in [3.8, 4) is 6.07 Å². The van der Waals surface area contributed by atoms with Gasteiger partial charge in [0.15, 0.2) is 11.2 Å². The highest BCUT2D eigenvalue weighted by Gasteiger charge is 2.62. The van der Waals surface area contributed by atoms with E-state index in [0.29, 0.717) is 5.57 Å². The first-order chi connectivity index (χ1) is 10.3. The molecule has 0 aliphatic heterocycles. The predicted octanol–water partition coefficient (Wildman–Crippen LogP) is 3.88. The molecule has 2 rings (SSSR count). The fourth-order valence-corrected chi connectivity index (χ4v) is 3.30. The third-order valence-corrected chi connectivity index (χ3v) is 4.59. The summed E-state index contributed by atoms with van der Waals surface area (Å²) in [6.07, 6.45) is 0. The summed E-state index contributed by atoms with van der Waals surface area (Å²) in [5.74, 6) is -0.0457. The molecule has 0 fully saturated rings. The number of carbonyl (C=O) groups is 1. The highest BCUT2D eigenvalue weighted by molar-refractivity contribution is 6.33. The maximum Gasteiger partial charge on any atom is 0.192 e. The molecule has 1 aromatic rings. The van der Waals surface area contributed by atoms with Gasteiger partial charge >= 0.3 is 0 Å². The lowest BCUT2D eigenvalue weighted by Gasteiger charge is -2.51. The molecule has 0 aromatic heterocycles. The van der Waals surface area contributed by atoms with E-state index in [4.69, 9.17) is 0 Å².